The molecule has 4 rings (SSSR count). The number of benzene rings is 1. The molecule has 0 saturated carbocycles. The Hall–Kier alpha value is -3.32. The number of rotatable bonds is 8. The molecule has 242 valence electrons. The van der Waals surface area contributed by atoms with Crippen LogP contribution in [-0.4, -0.2) is 66.0 Å². The second-order valence-electron chi connectivity index (χ2n) is 12.5. The summed E-state index contributed by atoms with van der Waals surface area (Å²) in [5.74, 6) is -4.34. The Morgan fingerprint density at radius 3 is 2.50 bits per heavy atom. The number of nitrogens with zero attached hydrogens (tertiary/aromatic N) is 2. The first-order valence-corrected chi connectivity index (χ1v) is 15.4. The van der Waals surface area contributed by atoms with Gasteiger partial charge in [0.15, 0.2) is 0 Å². The summed E-state index contributed by atoms with van der Waals surface area (Å²) in [5.41, 5.74) is 5.20. The third-order valence-electron chi connectivity index (χ3n) is 8.02. The first kappa shape index (κ1) is 33.6. The number of aromatic nitrogens is 1. The van der Waals surface area contributed by atoms with Gasteiger partial charge in [0, 0.05) is 38.2 Å². The Morgan fingerprint density at radius 2 is 1.86 bits per heavy atom. The maximum atomic E-state index is 15.6. The number of hydrogen-bond donors (Lipinski definition) is 3. The number of H-pyrrole nitrogens is 1. The number of likely N-dealkylation sites (tertiary alicyclic amines) is 1. The zero-order valence-electron chi connectivity index (χ0n) is 25.7. The van der Waals surface area contributed by atoms with E-state index in [0.717, 1.165) is 6.07 Å². The fourth-order valence-electron chi connectivity index (χ4n) is 5.53. The highest BCUT2D eigenvalue weighted by atomic mass is 32.1. The molecule has 1 aromatic heterocycles. The summed E-state index contributed by atoms with van der Waals surface area (Å²) in [7, 11) is 0. The lowest BCUT2D eigenvalue weighted by molar-refractivity contribution is -0.0261. The number of amides is 1. The molecule has 2 aliphatic heterocycles. The van der Waals surface area contributed by atoms with Gasteiger partial charge in [-0.2, -0.15) is 0 Å². The van der Waals surface area contributed by atoms with E-state index in [1.807, 2.05) is 4.90 Å². The zero-order valence-corrected chi connectivity index (χ0v) is 26.5. The summed E-state index contributed by atoms with van der Waals surface area (Å²) in [6.45, 7) is 9.89. The topological polar surface area (TPSA) is 113 Å². The van der Waals surface area contributed by atoms with Crippen molar-refractivity contribution in [3.05, 3.63) is 57.1 Å². The molecule has 2 aromatic rings. The molecule has 2 fully saturated rings. The average molecular weight is 638 g/mol. The Labute approximate surface area is 261 Å². The molecule has 9 nitrogen and oxygen atoms in total. The van der Waals surface area contributed by atoms with Crippen LogP contribution >= 0.6 is 12.2 Å². The summed E-state index contributed by atoms with van der Waals surface area (Å²) in [4.78, 5) is 31.1. The number of pyridine rings is 1. The Balaban J connectivity index is 1.39. The van der Waals surface area contributed by atoms with Gasteiger partial charge in [-0.25, -0.2) is 18.0 Å². The van der Waals surface area contributed by atoms with Gasteiger partial charge in [-0.1, -0.05) is 30.4 Å². The van der Waals surface area contributed by atoms with E-state index in [9.17, 15) is 9.59 Å². The second-order valence-corrected chi connectivity index (χ2v) is 12.9. The SMILES string of the molecule is C[C@@H](NC(=S)c1cc(N2CCOCC2)c(=O)[nH]c1N)c1cccc(C(F)(F)CCC2CCN(C(=O)OC(C)(C)C)CC2)c1F. The van der Waals surface area contributed by atoms with Crippen LogP contribution in [0.15, 0.2) is 29.1 Å². The number of hydrogen-bond acceptors (Lipinski definition) is 7. The van der Waals surface area contributed by atoms with Gasteiger partial charge in [0.2, 0.25) is 0 Å². The van der Waals surface area contributed by atoms with E-state index in [1.54, 1.807) is 38.7 Å². The molecular weight excluding hydrogens is 595 g/mol. The maximum absolute atomic E-state index is 15.6. The molecule has 1 aromatic carbocycles. The number of alkyl halides is 2. The molecule has 0 spiro atoms. The Morgan fingerprint density at radius 1 is 1.20 bits per heavy atom. The second kappa shape index (κ2) is 13.8. The van der Waals surface area contributed by atoms with Gasteiger partial charge in [0.05, 0.1) is 30.4 Å². The van der Waals surface area contributed by atoms with Crippen LogP contribution in [0, 0.1) is 11.7 Å². The molecular formula is C31H42F3N5O4S. The maximum Gasteiger partial charge on any atom is 0.410 e. The number of carbonyl (C=O) groups is 1. The first-order valence-electron chi connectivity index (χ1n) is 15.0. The van der Waals surface area contributed by atoms with Crippen molar-refractivity contribution in [1.82, 2.24) is 15.2 Å². The number of aromatic amines is 1. The van der Waals surface area contributed by atoms with Crippen LogP contribution in [0.25, 0.3) is 0 Å². The third kappa shape index (κ3) is 8.23. The van der Waals surface area contributed by atoms with Crippen molar-refractivity contribution in [3.63, 3.8) is 0 Å². The van der Waals surface area contributed by atoms with E-state index in [4.69, 9.17) is 27.4 Å². The predicted octanol–water partition coefficient (Wildman–Crippen LogP) is 5.48. The number of anilines is 2. The zero-order chi connectivity index (χ0) is 32.2. The molecule has 0 radical (unpaired) electrons. The van der Waals surface area contributed by atoms with Crippen LogP contribution in [0.1, 0.15) is 76.1 Å². The third-order valence-corrected chi connectivity index (χ3v) is 8.36. The molecule has 0 bridgehead atoms. The molecule has 0 aliphatic carbocycles. The molecule has 4 N–H and O–H groups in total. The lowest BCUT2D eigenvalue weighted by atomic mass is 9.89. The number of thiocarbonyl (C=S) groups is 1. The van der Waals surface area contributed by atoms with E-state index in [0.29, 0.717) is 63.5 Å². The standard InChI is InChI=1S/C31H42F3N5O4S/c1-19(36-28(44)22-18-24(27(40)37-26(22)35)38-14-16-42-17-15-38)21-6-5-7-23(25(21)32)31(33,34)11-8-20-9-12-39(13-10-20)29(41)43-30(2,3)4/h5-7,18-20H,8-17H2,1-4H3,(H,36,44)(H3,35,37,40)/t19-/m1/s1. The minimum atomic E-state index is -3.39. The highest BCUT2D eigenvalue weighted by Crippen LogP contribution is 2.39. The monoisotopic (exact) mass is 637 g/mol. The van der Waals surface area contributed by atoms with Crippen molar-refractivity contribution < 1.29 is 27.4 Å². The van der Waals surface area contributed by atoms with Crippen molar-refractivity contribution in [2.75, 3.05) is 50.0 Å². The van der Waals surface area contributed by atoms with Crippen molar-refractivity contribution >= 4 is 34.8 Å². The van der Waals surface area contributed by atoms with E-state index >= 15 is 13.2 Å². The minimum Gasteiger partial charge on any atom is -0.444 e. The number of nitrogen functional groups attached to an aromatic ring is 1. The number of morpholine rings is 1. The number of ether oxygens (including phenoxy) is 2. The largest absolute Gasteiger partial charge is 0.444 e. The number of piperidine rings is 1. The van der Waals surface area contributed by atoms with Gasteiger partial charge >= 0.3 is 6.09 Å². The van der Waals surface area contributed by atoms with Crippen LogP contribution in [-0.2, 0) is 15.4 Å². The van der Waals surface area contributed by atoms with Crippen LogP contribution in [0.4, 0.5) is 29.5 Å². The van der Waals surface area contributed by atoms with Crippen molar-refractivity contribution in [2.45, 2.75) is 70.9 Å². The molecule has 44 heavy (non-hydrogen) atoms. The van der Waals surface area contributed by atoms with E-state index in [1.165, 1.54) is 12.1 Å². The van der Waals surface area contributed by atoms with Gasteiger partial charge in [-0.15, -0.1) is 0 Å². The minimum absolute atomic E-state index is 0.00565. The summed E-state index contributed by atoms with van der Waals surface area (Å²) < 4.78 is 57.2. The number of carbonyl (C=O) groups excluding carboxylic acids is 1. The smallest absolute Gasteiger partial charge is 0.410 e. The van der Waals surface area contributed by atoms with Gasteiger partial charge in [0.1, 0.15) is 27.9 Å². The lowest BCUT2D eigenvalue weighted by Gasteiger charge is -2.34. The normalized spacial score (nSPS) is 17.3. The summed E-state index contributed by atoms with van der Waals surface area (Å²) in [6, 6.07) is 4.78. The summed E-state index contributed by atoms with van der Waals surface area (Å²) in [6.07, 6.45) is 0.453. The van der Waals surface area contributed by atoms with Crippen molar-refractivity contribution in [1.29, 1.82) is 0 Å². The van der Waals surface area contributed by atoms with E-state index in [-0.39, 0.29) is 34.3 Å². The fourth-order valence-corrected chi connectivity index (χ4v) is 5.88. The van der Waals surface area contributed by atoms with E-state index < -0.39 is 41.5 Å². The van der Waals surface area contributed by atoms with Crippen LogP contribution in [0.3, 0.4) is 0 Å². The highest BCUT2D eigenvalue weighted by Gasteiger charge is 2.37. The van der Waals surface area contributed by atoms with Gasteiger partial charge in [-0.05, 0) is 58.9 Å². The predicted molar refractivity (Wildman–Crippen MR) is 168 cm³/mol. The fraction of sp³-hybridized carbons (Fsp3) is 0.581. The Bertz CT molecular complexity index is 1400. The number of nitrogens with one attached hydrogen (secondary N) is 2. The molecule has 3 heterocycles. The average Bonchev–Trinajstić information content (AvgIpc) is 2.96. The van der Waals surface area contributed by atoms with Crippen LogP contribution < -0.4 is 21.5 Å². The molecule has 2 saturated heterocycles. The van der Waals surface area contributed by atoms with Gasteiger partial charge in [0.25, 0.3) is 11.5 Å². The van der Waals surface area contributed by atoms with Crippen LogP contribution in [0.2, 0.25) is 0 Å². The van der Waals surface area contributed by atoms with Crippen molar-refractivity contribution in [3.8, 4) is 0 Å². The van der Waals surface area contributed by atoms with Crippen LogP contribution in [0.5, 0.6) is 0 Å². The quantitative estimate of drug-likeness (QED) is 0.327. The van der Waals surface area contributed by atoms with Gasteiger partial charge in [-0.3, -0.25) is 4.79 Å². The summed E-state index contributed by atoms with van der Waals surface area (Å²) in [5, 5.41) is 2.99. The summed E-state index contributed by atoms with van der Waals surface area (Å²) >= 11 is 5.54. The molecule has 1 amide bonds. The van der Waals surface area contributed by atoms with Crippen molar-refractivity contribution in [2.24, 2.45) is 5.92 Å². The first-order chi connectivity index (χ1) is 20.7. The molecule has 0 unspecified atom stereocenters. The Kier molecular flexibility index (Phi) is 10.5. The van der Waals surface area contributed by atoms with Gasteiger partial charge < -0.3 is 35.3 Å². The number of halogens is 3. The molecule has 2 aliphatic rings. The highest BCUT2D eigenvalue weighted by molar-refractivity contribution is 7.80. The molecule has 1 atom stereocenters. The molecule has 13 heteroatoms. The number of nitrogens with two attached hydrogens (primary N) is 1. The van der Waals surface area contributed by atoms with E-state index in [2.05, 4.69) is 10.3 Å². The lowest BCUT2D eigenvalue weighted by Crippen LogP contribution is -2.41.